The Labute approximate surface area is 137 Å². The number of carbonyl (C=O) groups excluding carboxylic acids is 1. The Bertz CT molecular complexity index is 480. The Hall–Kier alpha value is -0.400. The molecule has 2 atom stereocenters. The Kier molecular flexibility index (Phi) is 5.25. The van der Waals surface area contributed by atoms with Crippen molar-refractivity contribution in [3.63, 3.8) is 0 Å². The number of rotatable bonds is 1. The number of benzene rings is 1. The van der Waals surface area contributed by atoms with Gasteiger partial charge in [0, 0.05) is 22.2 Å². The second-order valence-corrected chi connectivity index (χ2v) is 6.35. The fourth-order valence-corrected chi connectivity index (χ4v) is 3.84. The van der Waals surface area contributed by atoms with Gasteiger partial charge in [0.2, 0.25) is 0 Å². The Morgan fingerprint density at radius 2 is 2.05 bits per heavy atom. The smallest absolute Gasteiger partial charge is 0.258 e. The van der Waals surface area contributed by atoms with Crippen LogP contribution in [0.4, 0.5) is 4.39 Å². The van der Waals surface area contributed by atoms with Crippen molar-refractivity contribution in [1.29, 1.82) is 0 Å². The van der Waals surface area contributed by atoms with Gasteiger partial charge in [-0.1, -0.05) is 6.07 Å². The predicted octanol–water partition coefficient (Wildman–Crippen LogP) is 2.82. The largest absolute Gasteiger partial charge is 0.331 e. The van der Waals surface area contributed by atoms with E-state index >= 15 is 0 Å². The van der Waals surface area contributed by atoms with Gasteiger partial charge >= 0.3 is 0 Å². The summed E-state index contributed by atoms with van der Waals surface area (Å²) >= 11 is 2.04. The summed E-state index contributed by atoms with van der Waals surface area (Å²) in [5.41, 5.74) is 0.238. The van der Waals surface area contributed by atoms with Crippen LogP contribution in [0.15, 0.2) is 18.2 Å². The lowest BCUT2D eigenvalue weighted by atomic mass is 10.1. The van der Waals surface area contributed by atoms with Crippen LogP contribution in [0.2, 0.25) is 0 Å². The maximum atomic E-state index is 14.0. The molecule has 1 aromatic carbocycles. The van der Waals surface area contributed by atoms with Gasteiger partial charge in [0.05, 0.1) is 5.56 Å². The van der Waals surface area contributed by atoms with Crippen LogP contribution in [-0.2, 0) is 0 Å². The highest BCUT2D eigenvalue weighted by molar-refractivity contribution is 14.1. The van der Waals surface area contributed by atoms with Crippen molar-refractivity contribution in [3.8, 4) is 0 Å². The van der Waals surface area contributed by atoms with E-state index in [0.29, 0.717) is 3.57 Å². The van der Waals surface area contributed by atoms with E-state index in [9.17, 15) is 9.18 Å². The van der Waals surface area contributed by atoms with Gasteiger partial charge in [-0.25, -0.2) is 4.39 Å². The molecule has 0 radical (unpaired) electrons. The van der Waals surface area contributed by atoms with Crippen molar-refractivity contribution in [2.24, 2.45) is 0 Å². The lowest BCUT2D eigenvalue weighted by Gasteiger charge is -2.28. The van der Waals surface area contributed by atoms with E-state index in [2.05, 4.69) is 5.32 Å². The van der Waals surface area contributed by atoms with E-state index in [0.717, 1.165) is 32.4 Å². The number of halogens is 3. The number of fused-ring (bicyclic) bond motifs is 2. The van der Waals surface area contributed by atoms with Gasteiger partial charge in [0.25, 0.3) is 5.91 Å². The second kappa shape index (κ2) is 6.58. The van der Waals surface area contributed by atoms with Gasteiger partial charge in [-0.3, -0.25) is 4.79 Å². The lowest BCUT2D eigenvalue weighted by molar-refractivity contribution is 0.0674. The molecule has 1 amide bonds. The Balaban J connectivity index is 0.00000147. The average Bonchev–Trinajstić information content (AvgIpc) is 2.62. The van der Waals surface area contributed by atoms with E-state index < -0.39 is 5.82 Å². The second-order valence-electron chi connectivity index (χ2n) is 5.19. The molecule has 0 aromatic heterocycles. The lowest BCUT2D eigenvalue weighted by Crippen LogP contribution is -2.43. The molecule has 1 N–H and O–H groups in total. The first-order chi connectivity index (χ1) is 9.18. The Morgan fingerprint density at radius 3 is 2.80 bits per heavy atom. The summed E-state index contributed by atoms with van der Waals surface area (Å²) in [5.74, 6) is -0.549. The van der Waals surface area contributed by atoms with Gasteiger partial charge in [-0.2, -0.15) is 0 Å². The number of nitrogens with zero attached hydrogens (tertiary/aromatic N) is 1. The molecule has 3 nitrogen and oxygen atoms in total. The highest BCUT2D eigenvalue weighted by atomic mass is 127. The van der Waals surface area contributed by atoms with Crippen molar-refractivity contribution >= 4 is 40.9 Å². The quantitative estimate of drug-likeness (QED) is 0.722. The zero-order valence-electron chi connectivity index (χ0n) is 10.9. The van der Waals surface area contributed by atoms with Gasteiger partial charge in [0.1, 0.15) is 5.82 Å². The minimum atomic E-state index is -0.409. The van der Waals surface area contributed by atoms with E-state index in [-0.39, 0.29) is 36.0 Å². The number of amides is 1. The molecule has 2 fully saturated rings. The third kappa shape index (κ3) is 2.80. The van der Waals surface area contributed by atoms with Crippen molar-refractivity contribution < 1.29 is 9.18 Å². The highest BCUT2D eigenvalue weighted by Gasteiger charge is 2.39. The SMILES string of the molecule is Cl.O=C(c1c(F)cccc1I)N1C2CCNCC1CC2. The summed E-state index contributed by atoms with van der Waals surface area (Å²) in [4.78, 5) is 14.6. The molecular weight excluding hydrogens is 394 g/mol. The summed E-state index contributed by atoms with van der Waals surface area (Å²) in [6, 6.07) is 5.28. The van der Waals surface area contributed by atoms with E-state index in [1.165, 1.54) is 6.07 Å². The molecule has 2 aliphatic rings. The van der Waals surface area contributed by atoms with Crippen LogP contribution in [0.1, 0.15) is 29.6 Å². The maximum Gasteiger partial charge on any atom is 0.258 e. The van der Waals surface area contributed by atoms with Crippen molar-refractivity contribution in [3.05, 3.63) is 33.1 Å². The third-order valence-corrected chi connectivity index (χ3v) is 4.96. The maximum absolute atomic E-state index is 14.0. The van der Waals surface area contributed by atoms with E-state index in [4.69, 9.17) is 0 Å². The highest BCUT2D eigenvalue weighted by Crippen LogP contribution is 2.31. The fourth-order valence-electron chi connectivity index (χ4n) is 3.15. The minimum Gasteiger partial charge on any atom is -0.331 e. The molecule has 1 aromatic rings. The molecule has 2 heterocycles. The van der Waals surface area contributed by atoms with E-state index in [1.807, 2.05) is 27.5 Å². The zero-order valence-corrected chi connectivity index (χ0v) is 13.9. The predicted molar refractivity (Wildman–Crippen MR) is 86.8 cm³/mol. The van der Waals surface area contributed by atoms with Crippen molar-refractivity contribution in [2.75, 3.05) is 13.1 Å². The summed E-state index contributed by atoms with van der Waals surface area (Å²) in [6.07, 6.45) is 3.03. The van der Waals surface area contributed by atoms with Crippen molar-refractivity contribution in [2.45, 2.75) is 31.3 Å². The van der Waals surface area contributed by atoms with E-state index in [1.54, 1.807) is 12.1 Å². The summed E-state index contributed by atoms with van der Waals surface area (Å²) in [7, 11) is 0. The van der Waals surface area contributed by atoms with Crippen molar-refractivity contribution in [1.82, 2.24) is 10.2 Å². The van der Waals surface area contributed by atoms with Crippen LogP contribution < -0.4 is 5.32 Å². The number of hydrogen-bond acceptors (Lipinski definition) is 2. The third-order valence-electron chi connectivity index (χ3n) is 4.07. The normalized spacial score (nSPS) is 25.0. The van der Waals surface area contributed by atoms with Crippen LogP contribution in [0.25, 0.3) is 0 Å². The molecule has 0 saturated carbocycles. The molecule has 2 aliphatic heterocycles. The van der Waals surface area contributed by atoms with Crippen LogP contribution in [-0.4, -0.2) is 36.0 Å². The number of carbonyl (C=O) groups is 1. The number of hydrogen-bond donors (Lipinski definition) is 1. The molecular formula is C14H17ClFIN2O. The van der Waals surface area contributed by atoms with Gasteiger partial charge in [0.15, 0.2) is 0 Å². The summed E-state index contributed by atoms with van der Waals surface area (Å²) < 4.78 is 14.7. The molecule has 0 aliphatic carbocycles. The molecule has 110 valence electrons. The van der Waals surface area contributed by atoms with Crippen LogP contribution >= 0.6 is 35.0 Å². The van der Waals surface area contributed by atoms with Crippen LogP contribution in [0.3, 0.4) is 0 Å². The average molecular weight is 411 g/mol. The minimum absolute atomic E-state index is 0. The molecule has 6 heteroatoms. The molecule has 2 saturated heterocycles. The first kappa shape index (κ1) is 16.0. The monoisotopic (exact) mass is 410 g/mol. The van der Waals surface area contributed by atoms with Gasteiger partial charge in [-0.05, 0) is 60.5 Å². The molecule has 20 heavy (non-hydrogen) atoms. The zero-order chi connectivity index (χ0) is 13.4. The van der Waals surface area contributed by atoms with Crippen LogP contribution in [0, 0.1) is 9.39 Å². The molecule has 0 spiro atoms. The first-order valence-corrected chi connectivity index (χ1v) is 7.73. The molecule has 3 rings (SSSR count). The van der Waals surface area contributed by atoms with Gasteiger partial charge in [-0.15, -0.1) is 12.4 Å². The molecule has 2 bridgehead atoms. The van der Waals surface area contributed by atoms with Crippen LogP contribution in [0.5, 0.6) is 0 Å². The topological polar surface area (TPSA) is 32.3 Å². The molecule has 2 unspecified atom stereocenters. The first-order valence-electron chi connectivity index (χ1n) is 6.66. The van der Waals surface area contributed by atoms with Gasteiger partial charge < -0.3 is 10.2 Å². The Morgan fingerprint density at radius 1 is 1.30 bits per heavy atom. The fraction of sp³-hybridized carbons (Fsp3) is 0.500. The number of nitrogens with one attached hydrogen (secondary N) is 1. The summed E-state index contributed by atoms with van der Waals surface area (Å²) in [5, 5.41) is 3.35. The summed E-state index contributed by atoms with van der Waals surface area (Å²) in [6.45, 7) is 1.77. The standard InChI is InChI=1S/C14H16FIN2O.ClH/c15-11-2-1-3-12(16)13(11)14(19)18-9-4-5-10(18)8-17-7-6-9;/h1-3,9-10,17H,4-8H2;1H.